The summed E-state index contributed by atoms with van der Waals surface area (Å²) >= 11 is 7.97. The first kappa shape index (κ1) is 21.2. The van der Waals surface area contributed by atoms with Gasteiger partial charge in [-0.25, -0.2) is 9.58 Å². The number of allylic oxidation sites excluding steroid dienone is 2. The molecule has 0 bridgehead atoms. The smallest absolute Gasteiger partial charge is 0.265 e. The Morgan fingerprint density at radius 2 is 2.03 bits per heavy atom. The molecule has 152 valence electrons. The quantitative estimate of drug-likeness (QED) is 0.693. The van der Waals surface area contributed by atoms with E-state index in [0.717, 1.165) is 10.6 Å². The van der Waals surface area contributed by atoms with Crippen molar-refractivity contribution in [3.05, 3.63) is 65.6 Å². The van der Waals surface area contributed by atoms with E-state index < -0.39 is 5.91 Å². The molecule has 0 saturated carbocycles. The van der Waals surface area contributed by atoms with Crippen LogP contribution in [0.1, 0.15) is 17.3 Å². The number of likely N-dealkylation sites (N-methyl/N-ethyl adjacent to an activating group) is 1. The number of benzene rings is 1. The Morgan fingerprint density at radius 3 is 2.69 bits per heavy atom. The molecule has 0 N–H and O–H groups in total. The van der Waals surface area contributed by atoms with Crippen LogP contribution in [0, 0.1) is 5.92 Å². The molecule has 0 saturated heterocycles. The van der Waals surface area contributed by atoms with Gasteiger partial charge >= 0.3 is 0 Å². The van der Waals surface area contributed by atoms with Crippen molar-refractivity contribution in [2.24, 2.45) is 5.92 Å². The second-order valence-corrected chi connectivity index (χ2v) is 8.13. The highest BCUT2D eigenvalue weighted by Crippen LogP contribution is 2.29. The van der Waals surface area contributed by atoms with Gasteiger partial charge in [0.2, 0.25) is 5.91 Å². The molecule has 0 radical (unpaired) electrons. The minimum Gasteiger partial charge on any atom is -0.375 e. The number of nitrogens with zero attached hydrogens (tertiary/aromatic N) is 4. The highest BCUT2D eigenvalue weighted by Gasteiger charge is 2.31. The predicted molar refractivity (Wildman–Crippen MR) is 119 cm³/mol. The number of halogens is 1. The molecule has 2 amide bonds. The van der Waals surface area contributed by atoms with E-state index in [1.807, 2.05) is 49.5 Å². The summed E-state index contributed by atoms with van der Waals surface area (Å²) in [6, 6.07) is 8.72. The summed E-state index contributed by atoms with van der Waals surface area (Å²) in [6.45, 7) is 2.45. The number of imide groups is 1. The highest BCUT2D eigenvalue weighted by molar-refractivity contribution is 7.98. The zero-order valence-corrected chi connectivity index (χ0v) is 18.2. The van der Waals surface area contributed by atoms with Gasteiger partial charge < -0.3 is 4.90 Å². The summed E-state index contributed by atoms with van der Waals surface area (Å²) in [7, 11) is 1.95. The van der Waals surface area contributed by atoms with Crippen LogP contribution in [0.2, 0.25) is 5.15 Å². The lowest BCUT2D eigenvalue weighted by Gasteiger charge is -2.23. The Bertz CT molecular complexity index is 955. The fourth-order valence-electron chi connectivity index (χ4n) is 3.03. The minimum absolute atomic E-state index is 0.108. The van der Waals surface area contributed by atoms with E-state index >= 15 is 0 Å². The Balaban J connectivity index is 2.02. The largest absolute Gasteiger partial charge is 0.375 e. The Morgan fingerprint density at radius 1 is 1.31 bits per heavy atom. The number of carbonyl (C=O) groups is 2. The molecule has 0 aliphatic carbocycles. The number of carbonyl (C=O) groups excluding carboxylic acids is 2. The summed E-state index contributed by atoms with van der Waals surface area (Å²) in [4.78, 5) is 29.6. The number of hydrogen-bond donors (Lipinski definition) is 0. The van der Waals surface area contributed by atoms with Crippen LogP contribution in [0.15, 0.2) is 54.9 Å². The van der Waals surface area contributed by atoms with Crippen LogP contribution in [-0.4, -0.2) is 52.1 Å². The van der Waals surface area contributed by atoms with Crippen molar-refractivity contribution in [2.75, 3.05) is 30.5 Å². The Hall–Kier alpha value is -2.51. The van der Waals surface area contributed by atoms with Crippen LogP contribution in [-0.2, 0) is 4.79 Å². The molecule has 2 heterocycles. The number of thioether (sulfide) groups is 1. The van der Waals surface area contributed by atoms with Gasteiger partial charge in [-0.05, 0) is 36.7 Å². The maximum absolute atomic E-state index is 13.3. The second-order valence-electron chi connectivity index (χ2n) is 6.87. The lowest BCUT2D eigenvalue weighted by atomic mass is 10.1. The van der Waals surface area contributed by atoms with Gasteiger partial charge in [-0.1, -0.05) is 36.7 Å². The molecular formula is C21H23ClN4O2S. The fourth-order valence-corrected chi connectivity index (χ4v) is 3.89. The highest BCUT2D eigenvalue weighted by atomic mass is 35.5. The number of anilines is 1. The maximum Gasteiger partial charge on any atom is 0.265 e. The van der Waals surface area contributed by atoms with E-state index in [1.165, 1.54) is 0 Å². The number of rotatable bonds is 6. The van der Waals surface area contributed by atoms with Gasteiger partial charge in [-0.15, -0.1) is 0 Å². The van der Waals surface area contributed by atoms with Crippen molar-refractivity contribution in [3.8, 4) is 0 Å². The average molecular weight is 431 g/mol. The van der Waals surface area contributed by atoms with Crippen LogP contribution in [0.5, 0.6) is 0 Å². The van der Waals surface area contributed by atoms with Crippen LogP contribution >= 0.6 is 23.4 Å². The van der Waals surface area contributed by atoms with Crippen LogP contribution in [0.3, 0.4) is 0 Å². The van der Waals surface area contributed by atoms with Crippen molar-refractivity contribution in [1.29, 1.82) is 0 Å². The minimum atomic E-state index is -0.417. The summed E-state index contributed by atoms with van der Waals surface area (Å²) in [6.07, 6.45) is 9.36. The predicted octanol–water partition coefficient (Wildman–Crippen LogP) is 4.01. The molecule has 1 aliphatic heterocycles. The van der Waals surface area contributed by atoms with Gasteiger partial charge in [-0.3, -0.25) is 9.59 Å². The first-order valence-corrected chi connectivity index (χ1v) is 10.9. The van der Waals surface area contributed by atoms with Gasteiger partial charge in [0.15, 0.2) is 5.15 Å². The van der Waals surface area contributed by atoms with Crippen molar-refractivity contribution < 1.29 is 9.59 Å². The monoisotopic (exact) mass is 430 g/mol. The zero-order chi connectivity index (χ0) is 21.0. The second kappa shape index (κ2) is 9.33. The van der Waals surface area contributed by atoms with Gasteiger partial charge in [0.1, 0.15) is 5.69 Å². The molecule has 8 heteroatoms. The van der Waals surface area contributed by atoms with Crippen molar-refractivity contribution in [1.82, 2.24) is 14.7 Å². The number of hydrogen-bond acceptors (Lipinski definition) is 5. The molecule has 0 fully saturated rings. The molecule has 29 heavy (non-hydrogen) atoms. The molecule has 1 aromatic carbocycles. The van der Waals surface area contributed by atoms with E-state index in [2.05, 4.69) is 5.10 Å². The van der Waals surface area contributed by atoms with Gasteiger partial charge in [0, 0.05) is 24.3 Å². The molecule has 3 rings (SSSR count). The molecule has 1 unspecified atom stereocenters. The normalized spacial score (nSPS) is 14.5. The maximum atomic E-state index is 13.3. The van der Waals surface area contributed by atoms with E-state index in [1.54, 1.807) is 46.9 Å². The number of amides is 2. The Kier molecular flexibility index (Phi) is 6.82. The first-order valence-electron chi connectivity index (χ1n) is 9.17. The molecule has 1 aromatic heterocycles. The third kappa shape index (κ3) is 4.74. The molecule has 1 aliphatic rings. The van der Waals surface area contributed by atoms with Crippen molar-refractivity contribution in [3.63, 3.8) is 0 Å². The summed E-state index contributed by atoms with van der Waals surface area (Å²) in [5.74, 6) is -0.465. The van der Waals surface area contributed by atoms with Crippen molar-refractivity contribution in [2.45, 2.75) is 6.92 Å². The molecular weight excluding hydrogens is 408 g/mol. The summed E-state index contributed by atoms with van der Waals surface area (Å²) in [5.41, 5.74) is 1.59. The standard InChI is InChI=1S/C21H23ClN4O2S/c1-15(14-29-3)20(27)26(21(28)16-8-5-4-6-9-16)18-13-25(23-19(18)22)17-10-7-11-24(2)12-17/h4-11,13,15H,12,14H2,1-3H3. The first-order chi connectivity index (χ1) is 13.9. The van der Waals surface area contributed by atoms with Crippen LogP contribution in [0.4, 0.5) is 5.69 Å². The van der Waals surface area contributed by atoms with Crippen molar-refractivity contribution >= 4 is 46.6 Å². The van der Waals surface area contributed by atoms with Crippen LogP contribution < -0.4 is 4.90 Å². The third-order valence-corrected chi connectivity index (χ3v) is 5.61. The molecule has 6 nitrogen and oxygen atoms in total. The average Bonchev–Trinajstić information content (AvgIpc) is 3.10. The Labute approximate surface area is 179 Å². The van der Waals surface area contributed by atoms with E-state index in [4.69, 9.17) is 11.6 Å². The summed E-state index contributed by atoms with van der Waals surface area (Å²) < 4.78 is 1.62. The summed E-state index contributed by atoms with van der Waals surface area (Å²) in [5, 5.41) is 4.46. The van der Waals surface area contributed by atoms with E-state index in [-0.39, 0.29) is 22.7 Å². The fraction of sp³-hybridized carbons (Fsp3) is 0.286. The SMILES string of the molecule is CSCC(C)C(=O)N(C(=O)c1ccccc1)c1cn(C2=CC=CN(C)C2)nc1Cl. The van der Waals surface area contributed by atoms with Gasteiger partial charge in [0.25, 0.3) is 5.91 Å². The molecule has 1 atom stereocenters. The van der Waals surface area contributed by atoms with Gasteiger partial charge in [-0.2, -0.15) is 16.9 Å². The third-order valence-electron chi connectivity index (χ3n) is 4.51. The topological polar surface area (TPSA) is 58.4 Å². The lowest BCUT2D eigenvalue weighted by molar-refractivity contribution is -0.120. The zero-order valence-electron chi connectivity index (χ0n) is 16.6. The molecule has 0 spiro atoms. The lowest BCUT2D eigenvalue weighted by Crippen LogP contribution is -2.41. The molecule has 2 aromatic rings. The van der Waals surface area contributed by atoms with Gasteiger partial charge in [0.05, 0.1) is 18.4 Å². The van der Waals surface area contributed by atoms with E-state index in [9.17, 15) is 9.59 Å². The van der Waals surface area contributed by atoms with E-state index in [0.29, 0.717) is 17.9 Å². The number of aromatic nitrogens is 2. The van der Waals surface area contributed by atoms with Crippen LogP contribution in [0.25, 0.3) is 5.70 Å².